The van der Waals surface area contributed by atoms with E-state index in [9.17, 15) is 4.79 Å². The van der Waals surface area contributed by atoms with Crippen LogP contribution in [-0.2, 0) is 16.1 Å². The molecular formula is C13H15NO2. The third-order valence-electron chi connectivity index (χ3n) is 3.45. The van der Waals surface area contributed by atoms with Gasteiger partial charge in [-0.15, -0.1) is 0 Å². The van der Waals surface area contributed by atoms with Crippen molar-refractivity contribution in [2.45, 2.75) is 31.5 Å². The lowest BCUT2D eigenvalue weighted by molar-refractivity contribution is -0.143. The van der Waals surface area contributed by atoms with Crippen LogP contribution in [0.4, 0.5) is 0 Å². The van der Waals surface area contributed by atoms with Gasteiger partial charge in [-0.2, -0.15) is 0 Å². The molecule has 0 spiro atoms. The van der Waals surface area contributed by atoms with Gasteiger partial charge in [-0.05, 0) is 12.0 Å². The van der Waals surface area contributed by atoms with Gasteiger partial charge in [0.2, 0.25) is 0 Å². The van der Waals surface area contributed by atoms with E-state index in [0.717, 1.165) is 25.9 Å². The highest BCUT2D eigenvalue weighted by atomic mass is 16.6. The first-order valence-electron chi connectivity index (χ1n) is 5.81. The second kappa shape index (κ2) is 3.91. The maximum atomic E-state index is 11.6. The van der Waals surface area contributed by atoms with Crippen molar-refractivity contribution < 1.29 is 9.53 Å². The van der Waals surface area contributed by atoms with Gasteiger partial charge in [-0.1, -0.05) is 30.3 Å². The second-order valence-electron chi connectivity index (χ2n) is 4.56. The minimum absolute atomic E-state index is 0.000967. The molecule has 3 nitrogen and oxygen atoms in total. The molecule has 0 amide bonds. The fraction of sp³-hybridized carbons (Fsp3) is 0.462. The van der Waals surface area contributed by atoms with Crippen molar-refractivity contribution in [3.63, 3.8) is 0 Å². The predicted molar refractivity (Wildman–Crippen MR) is 59.8 cm³/mol. The molecule has 16 heavy (non-hydrogen) atoms. The molecular weight excluding hydrogens is 202 g/mol. The summed E-state index contributed by atoms with van der Waals surface area (Å²) in [5.74, 6) is -0.0292. The van der Waals surface area contributed by atoms with Crippen LogP contribution in [-0.4, -0.2) is 29.6 Å². The summed E-state index contributed by atoms with van der Waals surface area (Å²) in [5, 5.41) is 0. The number of fused-ring (bicyclic) bond motifs is 2. The van der Waals surface area contributed by atoms with Gasteiger partial charge in [-0.3, -0.25) is 9.69 Å². The molecule has 2 atom stereocenters. The Morgan fingerprint density at radius 2 is 2.12 bits per heavy atom. The molecule has 0 radical (unpaired) electrons. The summed E-state index contributed by atoms with van der Waals surface area (Å²) in [6, 6.07) is 10.3. The van der Waals surface area contributed by atoms with E-state index in [0.29, 0.717) is 0 Å². The third kappa shape index (κ3) is 1.71. The molecule has 2 aliphatic rings. The molecule has 1 aromatic carbocycles. The fourth-order valence-electron chi connectivity index (χ4n) is 2.58. The van der Waals surface area contributed by atoms with Crippen molar-refractivity contribution in [3.05, 3.63) is 35.9 Å². The zero-order valence-corrected chi connectivity index (χ0v) is 9.13. The average Bonchev–Trinajstić information content (AvgIpc) is 2.61. The van der Waals surface area contributed by atoms with Gasteiger partial charge in [0.25, 0.3) is 0 Å². The largest absolute Gasteiger partial charge is 0.461 e. The highest BCUT2D eigenvalue weighted by molar-refractivity contribution is 5.78. The number of hydrogen-bond acceptors (Lipinski definition) is 3. The molecule has 0 aliphatic carbocycles. The average molecular weight is 217 g/mol. The minimum Gasteiger partial charge on any atom is -0.461 e. The first-order valence-corrected chi connectivity index (χ1v) is 5.81. The molecule has 1 aromatic rings. The van der Waals surface area contributed by atoms with E-state index in [1.54, 1.807) is 0 Å². The van der Waals surface area contributed by atoms with Crippen LogP contribution in [0.15, 0.2) is 30.3 Å². The number of carbonyl (C=O) groups is 1. The van der Waals surface area contributed by atoms with Crippen LogP contribution in [0.1, 0.15) is 18.4 Å². The first kappa shape index (κ1) is 9.85. The van der Waals surface area contributed by atoms with Gasteiger partial charge < -0.3 is 4.74 Å². The van der Waals surface area contributed by atoms with Crippen molar-refractivity contribution in [2.75, 3.05) is 6.54 Å². The van der Waals surface area contributed by atoms with E-state index in [2.05, 4.69) is 17.0 Å². The maximum Gasteiger partial charge on any atom is 0.323 e. The number of nitrogens with zero attached hydrogens (tertiary/aromatic N) is 1. The molecule has 0 unspecified atom stereocenters. The van der Waals surface area contributed by atoms with Gasteiger partial charge >= 0.3 is 5.97 Å². The lowest BCUT2D eigenvalue weighted by Gasteiger charge is -2.29. The lowest BCUT2D eigenvalue weighted by Crippen LogP contribution is -2.41. The fourth-order valence-corrected chi connectivity index (χ4v) is 2.58. The molecule has 3 heteroatoms. The van der Waals surface area contributed by atoms with Gasteiger partial charge in [0, 0.05) is 19.5 Å². The Labute approximate surface area is 95.0 Å². The molecule has 0 N–H and O–H groups in total. The van der Waals surface area contributed by atoms with Gasteiger partial charge in [-0.25, -0.2) is 0 Å². The Bertz CT molecular complexity index is 390. The van der Waals surface area contributed by atoms with Crippen molar-refractivity contribution >= 4 is 5.97 Å². The van der Waals surface area contributed by atoms with E-state index in [1.807, 2.05) is 18.2 Å². The summed E-state index contributed by atoms with van der Waals surface area (Å²) in [5.41, 5.74) is 1.26. The minimum atomic E-state index is -0.0292. The zero-order chi connectivity index (χ0) is 11.0. The Kier molecular flexibility index (Phi) is 2.40. The van der Waals surface area contributed by atoms with Crippen molar-refractivity contribution in [2.24, 2.45) is 0 Å². The molecule has 2 fully saturated rings. The number of esters is 1. The van der Waals surface area contributed by atoms with Crippen LogP contribution >= 0.6 is 0 Å². The van der Waals surface area contributed by atoms with E-state index >= 15 is 0 Å². The summed E-state index contributed by atoms with van der Waals surface area (Å²) < 4.78 is 5.27. The van der Waals surface area contributed by atoms with Crippen LogP contribution < -0.4 is 0 Å². The van der Waals surface area contributed by atoms with Gasteiger partial charge in [0.05, 0.1) is 0 Å². The Balaban J connectivity index is 1.74. The number of carbonyl (C=O) groups excluding carboxylic acids is 1. The summed E-state index contributed by atoms with van der Waals surface area (Å²) in [7, 11) is 0. The molecule has 2 heterocycles. The topological polar surface area (TPSA) is 29.5 Å². The van der Waals surface area contributed by atoms with E-state index in [1.165, 1.54) is 5.56 Å². The van der Waals surface area contributed by atoms with E-state index < -0.39 is 0 Å². The maximum absolute atomic E-state index is 11.6. The molecule has 0 saturated carbocycles. The second-order valence-corrected chi connectivity index (χ2v) is 4.56. The van der Waals surface area contributed by atoms with Crippen LogP contribution in [0.3, 0.4) is 0 Å². The Hall–Kier alpha value is -1.35. The smallest absolute Gasteiger partial charge is 0.323 e. The molecule has 84 valence electrons. The number of benzene rings is 1. The van der Waals surface area contributed by atoms with Gasteiger partial charge in [0.15, 0.2) is 0 Å². The van der Waals surface area contributed by atoms with Crippen molar-refractivity contribution in [1.82, 2.24) is 4.90 Å². The van der Waals surface area contributed by atoms with E-state index in [-0.39, 0.29) is 18.1 Å². The van der Waals surface area contributed by atoms with Crippen LogP contribution in [0.2, 0.25) is 0 Å². The van der Waals surface area contributed by atoms with Crippen LogP contribution in [0.25, 0.3) is 0 Å². The zero-order valence-electron chi connectivity index (χ0n) is 9.13. The highest BCUT2D eigenvalue weighted by Gasteiger charge is 2.42. The molecule has 0 aromatic heterocycles. The number of ether oxygens (including phenoxy) is 1. The Morgan fingerprint density at radius 3 is 2.94 bits per heavy atom. The van der Waals surface area contributed by atoms with Crippen LogP contribution in [0.5, 0.6) is 0 Å². The third-order valence-corrected chi connectivity index (χ3v) is 3.45. The molecule has 3 rings (SSSR count). The molecule has 2 saturated heterocycles. The predicted octanol–water partition coefficient (Wildman–Crippen LogP) is 1.58. The Morgan fingerprint density at radius 1 is 1.31 bits per heavy atom. The molecule has 2 bridgehead atoms. The van der Waals surface area contributed by atoms with Crippen molar-refractivity contribution in [3.8, 4) is 0 Å². The van der Waals surface area contributed by atoms with Crippen molar-refractivity contribution in [1.29, 1.82) is 0 Å². The normalized spacial score (nSPS) is 29.1. The first-order chi connectivity index (χ1) is 7.83. The number of hydrogen-bond donors (Lipinski definition) is 0. The number of likely N-dealkylation sites (tertiary alicyclic amines) is 1. The summed E-state index contributed by atoms with van der Waals surface area (Å²) >= 11 is 0. The summed E-state index contributed by atoms with van der Waals surface area (Å²) in [4.78, 5) is 13.8. The summed E-state index contributed by atoms with van der Waals surface area (Å²) in [6.07, 6.45) is 2.05. The van der Waals surface area contributed by atoms with Gasteiger partial charge in [0.1, 0.15) is 12.1 Å². The SMILES string of the molecule is O=C1O[C@H]2CCN(Cc3ccccc3)[C@@H]1C2. The monoisotopic (exact) mass is 217 g/mol. The standard InChI is InChI=1S/C13H15NO2/c15-13-12-8-11(16-13)6-7-14(12)9-10-4-2-1-3-5-10/h1-5,11-12H,6-9H2/t11-,12+/m0/s1. The lowest BCUT2D eigenvalue weighted by atomic mass is 10.0. The quantitative estimate of drug-likeness (QED) is 0.704. The molecule has 2 aliphatic heterocycles. The number of rotatable bonds is 2. The van der Waals surface area contributed by atoms with E-state index in [4.69, 9.17) is 4.74 Å². The number of piperidine rings is 1. The van der Waals surface area contributed by atoms with Crippen LogP contribution in [0, 0.1) is 0 Å². The summed E-state index contributed by atoms with van der Waals surface area (Å²) in [6.45, 7) is 1.82. The highest BCUT2D eigenvalue weighted by Crippen LogP contribution is 2.29.